The van der Waals surface area contributed by atoms with Crippen molar-refractivity contribution in [2.75, 3.05) is 13.1 Å². The number of carbonyl (C=O) groups is 2. The van der Waals surface area contributed by atoms with Crippen LogP contribution in [0.25, 0.3) is 5.69 Å². The van der Waals surface area contributed by atoms with E-state index in [9.17, 15) is 14.7 Å². The first-order chi connectivity index (χ1) is 12.9. The third-order valence-electron chi connectivity index (χ3n) is 4.78. The number of benzene rings is 1. The number of carbonyl (C=O) groups excluding carboxylic acids is 1. The fourth-order valence-corrected chi connectivity index (χ4v) is 3.37. The van der Waals surface area contributed by atoms with Crippen molar-refractivity contribution >= 4 is 23.5 Å². The van der Waals surface area contributed by atoms with Crippen LogP contribution in [0.4, 0.5) is 0 Å². The predicted octanol–water partition coefficient (Wildman–Crippen LogP) is 1.92. The lowest BCUT2D eigenvalue weighted by atomic mass is 9.91. The molecule has 0 atom stereocenters. The zero-order chi connectivity index (χ0) is 19.6. The Balaban J connectivity index is 1.86. The van der Waals surface area contributed by atoms with Crippen molar-refractivity contribution in [3.8, 4) is 5.69 Å². The average molecular weight is 393 g/mol. The third-order valence-corrected chi connectivity index (χ3v) is 5.02. The van der Waals surface area contributed by atoms with E-state index in [1.807, 2.05) is 13.0 Å². The number of piperidine rings is 1. The zero-order valence-electron chi connectivity index (χ0n) is 14.9. The van der Waals surface area contributed by atoms with Crippen molar-refractivity contribution in [3.05, 3.63) is 40.7 Å². The minimum absolute atomic E-state index is 0.0143. The molecule has 2 heterocycles. The van der Waals surface area contributed by atoms with Crippen LogP contribution < -0.4 is 0 Å². The molecule has 27 heavy (non-hydrogen) atoms. The predicted molar refractivity (Wildman–Crippen MR) is 98.1 cm³/mol. The van der Waals surface area contributed by atoms with E-state index in [0.717, 1.165) is 12.1 Å². The number of carboxylic acids is 1. The van der Waals surface area contributed by atoms with Crippen LogP contribution in [0.3, 0.4) is 0 Å². The van der Waals surface area contributed by atoms with Crippen LogP contribution in [0.5, 0.6) is 0 Å². The fraction of sp³-hybridized carbons (Fsp3) is 0.444. The number of aliphatic hydroxyl groups is 1. The highest BCUT2D eigenvalue weighted by Crippen LogP contribution is 2.25. The van der Waals surface area contributed by atoms with Gasteiger partial charge in [-0.05, 0) is 24.6 Å². The van der Waals surface area contributed by atoms with Crippen molar-refractivity contribution in [2.24, 2.45) is 0 Å². The molecule has 0 aliphatic carbocycles. The molecular formula is C18H21ClN4O4. The van der Waals surface area contributed by atoms with Crippen LogP contribution >= 0.6 is 11.6 Å². The number of aliphatic carboxylic acids is 1. The van der Waals surface area contributed by atoms with Gasteiger partial charge in [0.05, 0.1) is 11.4 Å². The molecular weight excluding hydrogens is 372 g/mol. The molecule has 0 saturated carbocycles. The maximum atomic E-state index is 12.9. The Morgan fingerprint density at radius 3 is 2.59 bits per heavy atom. The topological polar surface area (TPSA) is 109 Å². The van der Waals surface area contributed by atoms with Gasteiger partial charge in [0.2, 0.25) is 0 Å². The molecule has 1 aromatic carbocycles. The summed E-state index contributed by atoms with van der Waals surface area (Å²) in [7, 11) is 0. The molecule has 1 aromatic heterocycles. The van der Waals surface area contributed by atoms with Crippen LogP contribution in [0.2, 0.25) is 5.02 Å². The summed E-state index contributed by atoms with van der Waals surface area (Å²) in [6, 6.07) is 7.14. The summed E-state index contributed by atoms with van der Waals surface area (Å²) in [5.74, 6) is -1.56. The van der Waals surface area contributed by atoms with E-state index in [1.165, 1.54) is 4.90 Å². The summed E-state index contributed by atoms with van der Waals surface area (Å²) in [6.07, 6.45) is 1.37. The van der Waals surface area contributed by atoms with Gasteiger partial charge in [-0.25, -0.2) is 9.48 Å². The lowest BCUT2D eigenvalue weighted by Gasteiger charge is -2.35. The molecule has 9 heteroatoms. The number of likely N-dealkylation sites (tertiary alicyclic amines) is 1. The number of halogens is 1. The summed E-state index contributed by atoms with van der Waals surface area (Å²) in [4.78, 5) is 25.6. The maximum absolute atomic E-state index is 12.9. The highest BCUT2D eigenvalue weighted by Gasteiger charge is 2.41. The zero-order valence-corrected chi connectivity index (χ0v) is 15.7. The maximum Gasteiger partial charge on any atom is 0.335 e. The number of hydrogen-bond donors (Lipinski definition) is 2. The van der Waals surface area contributed by atoms with E-state index in [4.69, 9.17) is 16.7 Å². The van der Waals surface area contributed by atoms with Crippen molar-refractivity contribution in [1.29, 1.82) is 0 Å². The molecule has 8 nitrogen and oxygen atoms in total. The molecule has 144 valence electrons. The molecule has 2 aromatic rings. The first-order valence-corrected chi connectivity index (χ1v) is 9.19. The van der Waals surface area contributed by atoms with E-state index in [-0.39, 0.29) is 37.5 Å². The minimum atomic E-state index is -1.78. The fourth-order valence-electron chi connectivity index (χ4n) is 3.19. The Morgan fingerprint density at radius 1 is 1.30 bits per heavy atom. The lowest BCUT2D eigenvalue weighted by Crippen LogP contribution is -2.51. The monoisotopic (exact) mass is 392 g/mol. The van der Waals surface area contributed by atoms with Crippen LogP contribution in [0.15, 0.2) is 24.3 Å². The standard InChI is InChI=1S/C18H21ClN4O4/c1-2-4-14-15(20-21-23(14)13-6-3-5-12(19)11-13)16(24)22-9-7-18(27,8-10-22)17(25)26/h3,5-6,11,27H,2,4,7-10H2,1H3,(H,25,26). The Bertz CT molecular complexity index is 859. The molecule has 0 bridgehead atoms. The van der Waals surface area contributed by atoms with E-state index < -0.39 is 11.6 Å². The molecule has 1 amide bonds. The summed E-state index contributed by atoms with van der Waals surface area (Å²) in [6.45, 7) is 2.30. The number of nitrogens with zero attached hydrogens (tertiary/aromatic N) is 4. The van der Waals surface area contributed by atoms with Gasteiger partial charge >= 0.3 is 5.97 Å². The Kier molecular flexibility index (Phi) is 5.48. The van der Waals surface area contributed by atoms with Gasteiger partial charge in [0.25, 0.3) is 5.91 Å². The van der Waals surface area contributed by atoms with E-state index in [2.05, 4.69) is 10.3 Å². The highest BCUT2D eigenvalue weighted by molar-refractivity contribution is 6.30. The average Bonchev–Trinajstić information content (AvgIpc) is 3.06. The van der Waals surface area contributed by atoms with Gasteiger partial charge in [0.15, 0.2) is 11.3 Å². The summed E-state index contributed by atoms with van der Waals surface area (Å²) >= 11 is 6.06. The van der Waals surface area contributed by atoms with Gasteiger partial charge in [-0.3, -0.25) is 4.79 Å². The molecule has 1 fully saturated rings. The largest absolute Gasteiger partial charge is 0.479 e. The SMILES string of the molecule is CCCc1c(C(=O)N2CCC(O)(C(=O)O)CC2)nnn1-c1cccc(Cl)c1. The number of aromatic nitrogens is 3. The summed E-state index contributed by atoms with van der Waals surface area (Å²) in [5, 5.41) is 28.0. The molecule has 3 rings (SSSR count). The molecule has 1 saturated heterocycles. The van der Waals surface area contributed by atoms with Gasteiger partial charge < -0.3 is 15.1 Å². The quantitative estimate of drug-likeness (QED) is 0.804. The highest BCUT2D eigenvalue weighted by atomic mass is 35.5. The van der Waals surface area contributed by atoms with Gasteiger partial charge in [-0.2, -0.15) is 0 Å². The minimum Gasteiger partial charge on any atom is -0.479 e. The van der Waals surface area contributed by atoms with E-state index in [0.29, 0.717) is 17.1 Å². The second kappa shape index (κ2) is 7.66. The number of rotatable bonds is 5. The van der Waals surface area contributed by atoms with Gasteiger partial charge in [0.1, 0.15) is 0 Å². The van der Waals surface area contributed by atoms with Crippen molar-refractivity contribution in [2.45, 2.75) is 38.2 Å². The second-order valence-electron chi connectivity index (χ2n) is 6.66. The third kappa shape index (κ3) is 3.81. The van der Waals surface area contributed by atoms with Crippen LogP contribution in [-0.4, -0.2) is 60.7 Å². The molecule has 1 aliphatic rings. The van der Waals surface area contributed by atoms with Gasteiger partial charge in [-0.15, -0.1) is 5.10 Å². The second-order valence-corrected chi connectivity index (χ2v) is 7.09. The number of carboxylic acid groups (broad SMARTS) is 1. The Labute approximate surface area is 161 Å². The van der Waals surface area contributed by atoms with Crippen molar-refractivity contribution in [1.82, 2.24) is 19.9 Å². The normalized spacial score (nSPS) is 16.3. The van der Waals surface area contributed by atoms with E-state index in [1.54, 1.807) is 22.9 Å². The van der Waals surface area contributed by atoms with Gasteiger partial charge in [0, 0.05) is 31.0 Å². The van der Waals surface area contributed by atoms with Crippen LogP contribution in [-0.2, 0) is 11.2 Å². The van der Waals surface area contributed by atoms with E-state index >= 15 is 0 Å². The first kappa shape index (κ1) is 19.3. The first-order valence-electron chi connectivity index (χ1n) is 8.81. The molecule has 0 radical (unpaired) electrons. The van der Waals surface area contributed by atoms with Crippen LogP contribution in [0, 0.1) is 0 Å². The molecule has 2 N–H and O–H groups in total. The summed E-state index contributed by atoms with van der Waals surface area (Å²) in [5.41, 5.74) is -0.126. The Hall–Kier alpha value is -2.45. The van der Waals surface area contributed by atoms with Crippen molar-refractivity contribution < 1.29 is 19.8 Å². The molecule has 0 unspecified atom stereocenters. The molecule has 1 aliphatic heterocycles. The lowest BCUT2D eigenvalue weighted by molar-refractivity contribution is -0.162. The Morgan fingerprint density at radius 2 is 2.00 bits per heavy atom. The number of hydrogen-bond acceptors (Lipinski definition) is 5. The van der Waals surface area contributed by atoms with Gasteiger partial charge in [-0.1, -0.05) is 36.2 Å². The number of amides is 1. The molecule has 0 spiro atoms. The van der Waals surface area contributed by atoms with Crippen molar-refractivity contribution in [3.63, 3.8) is 0 Å². The summed E-state index contributed by atoms with van der Waals surface area (Å²) < 4.78 is 1.61. The van der Waals surface area contributed by atoms with Crippen LogP contribution in [0.1, 0.15) is 42.4 Å². The smallest absolute Gasteiger partial charge is 0.335 e.